The number of likely N-dealkylation sites (N-methyl/N-ethyl adjacent to an activating group) is 1. The quantitative estimate of drug-likeness (QED) is 0.823. The van der Waals surface area contributed by atoms with Crippen LogP contribution < -0.4 is 0 Å². The van der Waals surface area contributed by atoms with E-state index in [1.54, 1.807) is 19.2 Å². The average molecular weight is 307 g/mol. The standard InChI is InChI=1S/C11H17NO5S2/c1-4-12(5-6-17-3)19(15,16)10-8(2)7-18-9(10)11(13)14/h7H,4-6H2,1-3H3,(H,13,14). The van der Waals surface area contributed by atoms with Crippen LogP contribution in [0.1, 0.15) is 22.2 Å². The van der Waals surface area contributed by atoms with Gasteiger partial charge in [0.05, 0.1) is 6.61 Å². The van der Waals surface area contributed by atoms with Gasteiger partial charge in [0.2, 0.25) is 10.0 Å². The highest BCUT2D eigenvalue weighted by Crippen LogP contribution is 2.29. The lowest BCUT2D eigenvalue weighted by Crippen LogP contribution is -2.34. The van der Waals surface area contributed by atoms with Gasteiger partial charge in [0.15, 0.2) is 0 Å². The van der Waals surface area contributed by atoms with Crippen LogP contribution in [0.25, 0.3) is 0 Å². The van der Waals surface area contributed by atoms with E-state index in [9.17, 15) is 13.2 Å². The fourth-order valence-corrected chi connectivity index (χ4v) is 4.69. The molecule has 0 saturated heterocycles. The van der Waals surface area contributed by atoms with Crippen molar-refractivity contribution in [3.63, 3.8) is 0 Å². The number of rotatable bonds is 7. The number of aryl methyl sites for hydroxylation is 1. The summed E-state index contributed by atoms with van der Waals surface area (Å²) in [6.45, 7) is 4.03. The zero-order valence-electron chi connectivity index (χ0n) is 11.0. The Bertz CT molecular complexity index is 549. The minimum absolute atomic E-state index is 0.108. The zero-order chi connectivity index (χ0) is 14.6. The number of sulfonamides is 1. The normalized spacial score (nSPS) is 12.0. The predicted octanol–water partition coefficient (Wildman–Crippen LogP) is 1.41. The van der Waals surface area contributed by atoms with Crippen LogP contribution in [0.5, 0.6) is 0 Å². The molecule has 19 heavy (non-hydrogen) atoms. The number of aromatic carboxylic acids is 1. The van der Waals surface area contributed by atoms with E-state index in [1.165, 1.54) is 11.4 Å². The Kier molecular flexibility index (Phi) is 5.48. The van der Waals surface area contributed by atoms with Crippen LogP contribution >= 0.6 is 11.3 Å². The summed E-state index contributed by atoms with van der Waals surface area (Å²) in [6, 6.07) is 0. The lowest BCUT2D eigenvalue weighted by Gasteiger charge is -2.20. The van der Waals surface area contributed by atoms with Crippen LogP contribution in [0, 0.1) is 6.92 Å². The van der Waals surface area contributed by atoms with Gasteiger partial charge in [-0.3, -0.25) is 0 Å². The Balaban J connectivity index is 3.25. The number of methoxy groups -OCH3 is 1. The second kappa shape index (κ2) is 6.47. The van der Waals surface area contributed by atoms with E-state index < -0.39 is 16.0 Å². The lowest BCUT2D eigenvalue weighted by atomic mass is 10.3. The Morgan fingerprint density at radius 2 is 2.16 bits per heavy atom. The van der Waals surface area contributed by atoms with Crippen LogP contribution in [-0.4, -0.2) is 50.6 Å². The van der Waals surface area contributed by atoms with Crippen molar-refractivity contribution in [3.8, 4) is 0 Å². The Labute approximate surface area is 116 Å². The van der Waals surface area contributed by atoms with Crippen LogP contribution in [0.2, 0.25) is 0 Å². The molecule has 6 nitrogen and oxygen atoms in total. The first-order valence-corrected chi connectivity index (χ1v) is 7.98. The van der Waals surface area contributed by atoms with Crippen LogP contribution in [0.4, 0.5) is 0 Å². The number of nitrogens with zero attached hydrogens (tertiary/aromatic N) is 1. The van der Waals surface area contributed by atoms with Gasteiger partial charge in [0.1, 0.15) is 9.77 Å². The molecular weight excluding hydrogens is 290 g/mol. The summed E-state index contributed by atoms with van der Waals surface area (Å²) >= 11 is 0.926. The number of hydrogen-bond donors (Lipinski definition) is 1. The van der Waals surface area contributed by atoms with E-state index in [0.717, 1.165) is 11.3 Å². The Morgan fingerprint density at radius 3 is 2.63 bits per heavy atom. The van der Waals surface area contributed by atoms with Gasteiger partial charge in [-0.2, -0.15) is 4.31 Å². The minimum Gasteiger partial charge on any atom is -0.477 e. The van der Waals surface area contributed by atoms with Gasteiger partial charge in [-0.05, 0) is 17.9 Å². The van der Waals surface area contributed by atoms with E-state index >= 15 is 0 Å². The molecule has 1 heterocycles. The molecule has 0 atom stereocenters. The summed E-state index contributed by atoms with van der Waals surface area (Å²) in [4.78, 5) is 10.9. The zero-order valence-corrected chi connectivity index (χ0v) is 12.7. The molecule has 0 radical (unpaired) electrons. The first-order chi connectivity index (χ1) is 8.86. The molecule has 0 saturated carbocycles. The average Bonchev–Trinajstić information content (AvgIpc) is 2.72. The highest BCUT2D eigenvalue weighted by atomic mass is 32.2. The van der Waals surface area contributed by atoms with E-state index in [-0.39, 0.29) is 29.5 Å². The van der Waals surface area contributed by atoms with Gasteiger partial charge in [-0.1, -0.05) is 6.92 Å². The van der Waals surface area contributed by atoms with Crippen molar-refractivity contribution in [2.75, 3.05) is 26.8 Å². The lowest BCUT2D eigenvalue weighted by molar-refractivity contribution is 0.0698. The molecule has 0 spiro atoms. The molecule has 108 valence electrons. The Hall–Kier alpha value is -0.960. The third-order valence-electron chi connectivity index (χ3n) is 2.61. The van der Waals surface area contributed by atoms with Crippen molar-refractivity contribution in [2.24, 2.45) is 0 Å². The topological polar surface area (TPSA) is 83.9 Å². The maximum atomic E-state index is 12.5. The van der Waals surface area contributed by atoms with Gasteiger partial charge < -0.3 is 9.84 Å². The molecule has 1 aromatic rings. The molecule has 0 aliphatic heterocycles. The molecule has 8 heteroatoms. The highest BCUT2D eigenvalue weighted by molar-refractivity contribution is 7.89. The second-order valence-corrected chi connectivity index (χ2v) is 6.63. The van der Waals surface area contributed by atoms with Crippen molar-refractivity contribution in [1.29, 1.82) is 0 Å². The molecule has 1 aromatic heterocycles. The maximum Gasteiger partial charge on any atom is 0.347 e. The number of carboxylic acid groups (broad SMARTS) is 1. The third kappa shape index (κ3) is 3.33. The number of hydrogen-bond acceptors (Lipinski definition) is 5. The van der Waals surface area contributed by atoms with Crippen LogP contribution in [0.3, 0.4) is 0 Å². The molecule has 0 unspecified atom stereocenters. The van der Waals surface area contributed by atoms with Gasteiger partial charge in [-0.25, -0.2) is 13.2 Å². The van der Waals surface area contributed by atoms with Crippen molar-refractivity contribution < 1.29 is 23.1 Å². The number of thiophene rings is 1. The van der Waals surface area contributed by atoms with Crippen molar-refractivity contribution >= 4 is 27.3 Å². The summed E-state index contributed by atoms with van der Waals surface area (Å²) in [5.41, 5.74) is 0.457. The highest BCUT2D eigenvalue weighted by Gasteiger charge is 2.31. The molecule has 0 bridgehead atoms. The smallest absolute Gasteiger partial charge is 0.347 e. The van der Waals surface area contributed by atoms with E-state index in [1.807, 2.05) is 0 Å². The monoisotopic (exact) mass is 307 g/mol. The summed E-state index contributed by atoms with van der Waals surface area (Å²) < 4.78 is 31.1. The van der Waals surface area contributed by atoms with Crippen molar-refractivity contribution in [1.82, 2.24) is 4.31 Å². The van der Waals surface area contributed by atoms with Gasteiger partial charge >= 0.3 is 5.97 Å². The van der Waals surface area contributed by atoms with Crippen LogP contribution in [-0.2, 0) is 14.8 Å². The largest absolute Gasteiger partial charge is 0.477 e. The molecule has 0 amide bonds. The molecule has 0 aliphatic rings. The summed E-state index contributed by atoms with van der Waals surface area (Å²) in [5, 5.41) is 10.6. The first-order valence-electron chi connectivity index (χ1n) is 5.66. The maximum absolute atomic E-state index is 12.5. The van der Waals surface area contributed by atoms with E-state index in [0.29, 0.717) is 5.56 Å². The van der Waals surface area contributed by atoms with Crippen LogP contribution in [0.15, 0.2) is 10.3 Å². The molecule has 1 rings (SSSR count). The SMILES string of the molecule is CCN(CCOC)S(=O)(=O)c1c(C)csc1C(=O)O. The van der Waals surface area contributed by atoms with Crippen molar-refractivity contribution in [2.45, 2.75) is 18.7 Å². The van der Waals surface area contributed by atoms with E-state index in [2.05, 4.69) is 0 Å². The van der Waals surface area contributed by atoms with Gasteiger partial charge in [0.25, 0.3) is 0 Å². The molecule has 0 aliphatic carbocycles. The fourth-order valence-electron chi connectivity index (χ4n) is 1.67. The Morgan fingerprint density at radius 1 is 1.53 bits per heavy atom. The molecular formula is C11H17NO5S2. The van der Waals surface area contributed by atoms with Gasteiger partial charge in [0, 0.05) is 20.2 Å². The predicted molar refractivity (Wildman–Crippen MR) is 72.3 cm³/mol. The molecule has 1 N–H and O–H groups in total. The van der Waals surface area contributed by atoms with E-state index in [4.69, 9.17) is 9.84 Å². The number of carbonyl (C=O) groups is 1. The summed E-state index contributed by atoms with van der Waals surface area (Å²) in [7, 11) is -2.32. The molecule has 0 fully saturated rings. The first kappa shape index (κ1) is 16.1. The van der Waals surface area contributed by atoms with Gasteiger partial charge in [-0.15, -0.1) is 11.3 Å². The summed E-state index contributed by atoms with van der Waals surface area (Å²) in [5.74, 6) is -1.22. The van der Waals surface area contributed by atoms with Crippen molar-refractivity contribution in [3.05, 3.63) is 15.8 Å². The number of ether oxygens (including phenoxy) is 1. The minimum atomic E-state index is -3.80. The number of carboxylic acids is 1. The second-order valence-electron chi connectivity index (χ2n) is 3.87. The molecule has 0 aromatic carbocycles. The fraction of sp³-hybridized carbons (Fsp3) is 0.545. The summed E-state index contributed by atoms with van der Waals surface area (Å²) in [6.07, 6.45) is 0. The third-order valence-corrected chi connectivity index (χ3v) is 5.99.